The zero-order valence-corrected chi connectivity index (χ0v) is 24.0. The SMILES string of the molecule is CCC(C)NC(=O)C(C)N(Cc1ccc(F)cc1)C(=O)CN(c1ccccc1Cl)S(=O)(=O)c1ccc(C)cc1. The predicted octanol–water partition coefficient (Wildman–Crippen LogP) is 5.31. The molecule has 2 amide bonds. The number of hydrogen-bond acceptors (Lipinski definition) is 4. The molecule has 2 unspecified atom stereocenters. The fraction of sp³-hybridized carbons (Fsp3) is 0.310. The van der Waals surface area contributed by atoms with Gasteiger partial charge >= 0.3 is 0 Å². The van der Waals surface area contributed by atoms with Gasteiger partial charge in [0, 0.05) is 12.6 Å². The molecule has 0 fully saturated rings. The molecule has 39 heavy (non-hydrogen) atoms. The highest BCUT2D eigenvalue weighted by Gasteiger charge is 2.33. The Morgan fingerprint density at radius 2 is 1.59 bits per heavy atom. The van der Waals surface area contributed by atoms with E-state index >= 15 is 0 Å². The number of sulfonamides is 1. The Morgan fingerprint density at radius 3 is 2.18 bits per heavy atom. The van der Waals surface area contributed by atoms with Crippen LogP contribution in [0.1, 0.15) is 38.3 Å². The summed E-state index contributed by atoms with van der Waals surface area (Å²) in [6, 6.07) is 17.1. The predicted molar refractivity (Wildman–Crippen MR) is 151 cm³/mol. The van der Waals surface area contributed by atoms with Gasteiger partial charge in [0.15, 0.2) is 0 Å². The average molecular weight is 574 g/mol. The fourth-order valence-corrected chi connectivity index (χ4v) is 5.56. The van der Waals surface area contributed by atoms with Crippen molar-refractivity contribution in [1.29, 1.82) is 0 Å². The number of amides is 2. The highest BCUT2D eigenvalue weighted by molar-refractivity contribution is 7.92. The standard InChI is InChI=1S/C29H33ClFN3O4S/c1-5-21(3)32-29(36)22(4)33(18-23-12-14-24(31)15-13-23)28(35)19-34(27-9-7-6-8-26(27)30)39(37,38)25-16-10-20(2)11-17-25/h6-17,21-22H,5,18-19H2,1-4H3,(H,32,36). The van der Waals surface area contributed by atoms with Crippen molar-refractivity contribution in [2.45, 2.75) is 57.6 Å². The van der Waals surface area contributed by atoms with E-state index in [-0.39, 0.29) is 34.1 Å². The van der Waals surface area contributed by atoms with Gasteiger partial charge in [-0.05, 0) is 69.2 Å². The summed E-state index contributed by atoms with van der Waals surface area (Å²) in [7, 11) is -4.22. The molecule has 0 spiro atoms. The van der Waals surface area contributed by atoms with Gasteiger partial charge < -0.3 is 10.2 Å². The molecule has 2 atom stereocenters. The van der Waals surface area contributed by atoms with Crippen molar-refractivity contribution in [1.82, 2.24) is 10.2 Å². The average Bonchev–Trinajstić information content (AvgIpc) is 2.91. The van der Waals surface area contributed by atoms with Crippen molar-refractivity contribution in [3.63, 3.8) is 0 Å². The number of carbonyl (C=O) groups is 2. The molecule has 0 radical (unpaired) electrons. The number of anilines is 1. The van der Waals surface area contributed by atoms with Gasteiger partial charge in [-0.25, -0.2) is 12.8 Å². The van der Waals surface area contributed by atoms with Crippen LogP contribution in [0.25, 0.3) is 0 Å². The van der Waals surface area contributed by atoms with Crippen molar-refractivity contribution >= 4 is 39.1 Å². The zero-order chi connectivity index (χ0) is 28.7. The number of benzene rings is 3. The fourth-order valence-electron chi connectivity index (χ4n) is 3.84. The van der Waals surface area contributed by atoms with Crippen LogP contribution in [0.4, 0.5) is 10.1 Å². The highest BCUT2D eigenvalue weighted by Crippen LogP contribution is 2.31. The lowest BCUT2D eigenvalue weighted by atomic mass is 10.1. The van der Waals surface area contributed by atoms with Crippen molar-refractivity contribution in [2.24, 2.45) is 0 Å². The second-order valence-corrected chi connectivity index (χ2v) is 11.7. The van der Waals surface area contributed by atoms with Crippen LogP contribution >= 0.6 is 11.6 Å². The summed E-state index contributed by atoms with van der Waals surface area (Å²) < 4.78 is 42.1. The van der Waals surface area contributed by atoms with Crippen LogP contribution in [0.15, 0.2) is 77.7 Å². The summed E-state index contributed by atoms with van der Waals surface area (Å²) in [6.07, 6.45) is 0.694. The summed E-state index contributed by atoms with van der Waals surface area (Å²) >= 11 is 6.40. The maximum atomic E-state index is 13.9. The van der Waals surface area contributed by atoms with Gasteiger partial charge in [-0.15, -0.1) is 0 Å². The topological polar surface area (TPSA) is 86.8 Å². The molecule has 0 bridgehead atoms. The first-order chi connectivity index (χ1) is 18.4. The molecule has 0 aromatic heterocycles. The largest absolute Gasteiger partial charge is 0.352 e. The normalized spacial score (nSPS) is 12.9. The zero-order valence-electron chi connectivity index (χ0n) is 22.4. The summed E-state index contributed by atoms with van der Waals surface area (Å²) in [5.41, 5.74) is 1.59. The van der Waals surface area contributed by atoms with E-state index in [4.69, 9.17) is 11.6 Å². The van der Waals surface area contributed by atoms with Gasteiger partial charge in [-0.3, -0.25) is 13.9 Å². The molecule has 7 nitrogen and oxygen atoms in total. The summed E-state index contributed by atoms with van der Waals surface area (Å²) in [6.45, 7) is 6.55. The lowest BCUT2D eigenvalue weighted by Gasteiger charge is -2.32. The Bertz CT molecular complexity index is 1400. The van der Waals surface area contributed by atoms with E-state index < -0.39 is 34.3 Å². The molecule has 0 saturated heterocycles. The number of nitrogens with one attached hydrogen (secondary N) is 1. The van der Waals surface area contributed by atoms with E-state index in [1.54, 1.807) is 31.2 Å². The second kappa shape index (κ2) is 13.1. The molecular formula is C29H33ClFN3O4S. The first-order valence-electron chi connectivity index (χ1n) is 12.6. The monoisotopic (exact) mass is 573 g/mol. The Labute approximate surface area is 234 Å². The van der Waals surface area contributed by atoms with E-state index in [0.29, 0.717) is 12.0 Å². The number of aryl methyl sites for hydroxylation is 1. The van der Waals surface area contributed by atoms with Gasteiger partial charge in [0.1, 0.15) is 18.4 Å². The molecule has 0 aliphatic heterocycles. The molecule has 3 aromatic carbocycles. The third-order valence-corrected chi connectivity index (χ3v) is 8.54. The van der Waals surface area contributed by atoms with Crippen molar-refractivity contribution in [3.05, 3.63) is 94.8 Å². The first kappa shape index (κ1) is 30.1. The number of para-hydroxylation sites is 1. The van der Waals surface area contributed by atoms with Gasteiger partial charge in [0.25, 0.3) is 10.0 Å². The maximum absolute atomic E-state index is 13.9. The molecule has 0 aliphatic rings. The lowest BCUT2D eigenvalue weighted by Crippen LogP contribution is -2.52. The molecule has 3 aromatic rings. The van der Waals surface area contributed by atoms with E-state index in [9.17, 15) is 22.4 Å². The van der Waals surface area contributed by atoms with Crippen LogP contribution in [0.3, 0.4) is 0 Å². The van der Waals surface area contributed by atoms with Crippen molar-refractivity contribution in [2.75, 3.05) is 10.8 Å². The maximum Gasteiger partial charge on any atom is 0.264 e. The summed E-state index contributed by atoms with van der Waals surface area (Å²) in [4.78, 5) is 28.2. The van der Waals surface area contributed by atoms with Crippen LogP contribution < -0.4 is 9.62 Å². The molecule has 208 valence electrons. The molecular weight excluding hydrogens is 541 g/mol. The number of rotatable bonds is 11. The minimum absolute atomic E-state index is 0.00605. The summed E-state index contributed by atoms with van der Waals surface area (Å²) in [5.74, 6) is -1.44. The third kappa shape index (κ3) is 7.58. The van der Waals surface area contributed by atoms with Gasteiger partial charge in [0.05, 0.1) is 15.6 Å². The molecule has 3 rings (SSSR count). The van der Waals surface area contributed by atoms with Crippen molar-refractivity contribution < 1.29 is 22.4 Å². The second-order valence-electron chi connectivity index (χ2n) is 9.42. The van der Waals surface area contributed by atoms with Crippen molar-refractivity contribution in [3.8, 4) is 0 Å². The first-order valence-corrected chi connectivity index (χ1v) is 14.4. The van der Waals surface area contributed by atoms with Crippen LogP contribution in [-0.4, -0.2) is 43.8 Å². The Morgan fingerprint density at radius 1 is 0.974 bits per heavy atom. The number of carbonyl (C=O) groups excluding carboxylic acids is 2. The number of halogens is 2. The highest BCUT2D eigenvalue weighted by atomic mass is 35.5. The molecule has 1 N–H and O–H groups in total. The van der Waals surface area contributed by atoms with Gasteiger partial charge in [-0.1, -0.05) is 60.5 Å². The van der Waals surface area contributed by atoms with Crippen LogP contribution in [0, 0.1) is 12.7 Å². The Balaban J connectivity index is 2.03. The van der Waals surface area contributed by atoms with E-state index in [1.165, 1.54) is 53.4 Å². The van der Waals surface area contributed by atoms with Crippen LogP contribution in [0.2, 0.25) is 5.02 Å². The van der Waals surface area contributed by atoms with Gasteiger partial charge in [0.2, 0.25) is 11.8 Å². The van der Waals surface area contributed by atoms with E-state index in [2.05, 4.69) is 5.32 Å². The van der Waals surface area contributed by atoms with Gasteiger partial charge in [-0.2, -0.15) is 0 Å². The number of hydrogen-bond donors (Lipinski definition) is 1. The van der Waals surface area contributed by atoms with E-state index in [1.807, 2.05) is 20.8 Å². The van der Waals surface area contributed by atoms with E-state index in [0.717, 1.165) is 9.87 Å². The molecule has 0 heterocycles. The van der Waals surface area contributed by atoms with Crippen LogP contribution in [0.5, 0.6) is 0 Å². The number of nitrogens with zero attached hydrogens (tertiary/aromatic N) is 2. The Kier molecular flexibility index (Phi) is 10.1. The third-order valence-electron chi connectivity index (χ3n) is 6.44. The minimum Gasteiger partial charge on any atom is -0.352 e. The Hall–Kier alpha value is -3.43. The molecule has 0 saturated carbocycles. The smallest absolute Gasteiger partial charge is 0.264 e. The quantitative estimate of drug-likeness (QED) is 0.337. The molecule has 0 aliphatic carbocycles. The summed E-state index contributed by atoms with van der Waals surface area (Å²) in [5, 5.41) is 3.02. The van der Waals surface area contributed by atoms with Crippen LogP contribution in [-0.2, 0) is 26.2 Å². The molecule has 10 heteroatoms. The minimum atomic E-state index is -4.22. The lowest BCUT2D eigenvalue weighted by molar-refractivity contribution is -0.139.